The van der Waals surface area contributed by atoms with Crippen molar-refractivity contribution in [2.75, 3.05) is 27.2 Å². The quantitative estimate of drug-likeness (QED) is 0.871. The van der Waals surface area contributed by atoms with Gasteiger partial charge < -0.3 is 15.0 Å². The zero-order chi connectivity index (χ0) is 14.8. The molecule has 1 saturated carbocycles. The first kappa shape index (κ1) is 14.9. The molecule has 0 radical (unpaired) electrons. The Hall–Kier alpha value is -1.06. The maximum atomic E-state index is 5.41. The van der Waals surface area contributed by atoms with Crippen molar-refractivity contribution in [3.05, 3.63) is 29.3 Å². The highest BCUT2D eigenvalue weighted by atomic mass is 16.5. The second kappa shape index (κ2) is 6.37. The number of nitrogens with one attached hydrogen (secondary N) is 1. The van der Waals surface area contributed by atoms with Gasteiger partial charge >= 0.3 is 0 Å². The van der Waals surface area contributed by atoms with Crippen LogP contribution >= 0.6 is 0 Å². The maximum absolute atomic E-state index is 5.41. The van der Waals surface area contributed by atoms with Crippen molar-refractivity contribution in [3.8, 4) is 5.75 Å². The number of ether oxygens (including phenoxy) is 1. The summed E-state index contributed by atoms with van der Waals surface area (Å²) in [4.78, 5) is 2.59. The van der Waals surface area contributed by atoms with Crippen molar-refractivity contribution in [2.45, 2.75) is 44.7 Å². The Morgan fingerprint density at radius 3 is 2.76 bits per heavy atom. The van der Waals surface area contributed by atoms with Gasteiger partial charge in [-0.1, -0.05) is 19.4 Å². The normalized spacial score (nSPS) is 25.0. The SMILES string of the molecule is CCNC1c2cc(OC)ccc2CC1N(C)CC1CCC1. The number of methoxy groups -OCH3 is 1. The zero-order valence-corrected chi connectivity index (χ0v) is 13.6. The Balaban J connectivity index is 1.78. The first-order valence-corrected chi connectivity index (χ1v) is 8.33. The van der Waals surface area contributed by atoms with Crippen molar-refractivity contribution >= 4 is 0 Å². The third-order valence-electron chi connectivity index (χ3n) is 5.26. The summed E-state index contributed by atoms with van der Waals surface area (Å²) in [6.07, 6.45) is 5.42. The minimum absolute atomic E-state index is 0.435. The number of benzene rings is 1. The van der Waals surface area contributed by atoms with Crippen LogP contribution < -0.4 is 10.1 Å². The van der Waals surface area contributed by atoms with Crippen LogP contribution in [0.3, 0.4) is 0 Å². The fourth-order valence-electron chi connectivity index (χ4n) is 3.82. The van der Waals surface area contributed by atoms with Gasteiger partial charge in [-0.15, -0.1) is 0 Å². The van der Waals surface area contributed by atoms with Crippen LogP contribution in [0.5, 0.6) is 5.75 Å². The molecule has 2 unspecified atom stereocenters. The fourth-order valence-corrected chi connectivity index (χ4v) is 3.82. The number of rotatable bonds is 6. The lowest BCUT2D eigenvalue weighted by molar-refractivity contribution is 0.143. The molecule has 21 heavy (non-hydrogen) atoms. The van der Waals surface area contributed by atoms with Crippen LogP contribution in [-0.4, -0.2) is 38.2 Å². The molecule has 1 aromatic carbocycles. The Labute approximate surface area is 128 Å². The van der Waals surface area contributed by atoms with E-state index < -0.39 is 0 Å². The van der Waals surface area contributed by atoms with E-state index in [1.54, 1.807) is 7.11 Å². The number of fused-ring (bicyclic) bond motifs is 1. The lowest BCUT2D eigenvalue weighted by Crippen LogP contribution is -2.43. The second-order valence-electron chi connectivity index (χ2n) is 6.61. The van der Waals surface area contributed by atoms with Gasteiger partial charge in [0.2, 0.25) is 0 Å². The molecular weight excluding hydrogens is 260 g/mol. The highest BCUT2D eigenvalue weighted by Crippen LogP contribution is 2.37. The molecule has 0 aromatic heterocycles. The van der Waals surface area contributed by atoms with Crippen molar-refractivity contribution in [1.82, 2.24) is 10.2 Å². The lowest BCUT2D eigenvalue weighted by Gasteiger charge is -2.36. The van der Waals surface area contributed by atoms with E-state index in [9.17, 15) is 0 Å². The Morgan fingerprint density at radius 1 is 1.33 bits per heavy atom. The number of nitrogens with zero attached hydrogens (tertiary/aromatic N) is 1. The number of hydrogen-bond donors (Lipinski definition) is 1. The van der Waals surface area contributed by atoms with Gasteiger partial charge in [0.25, 0.3) is 0 Å². The molecule has 0 bridgehead atoms. The Bertz CT molecular complexity index is 484. The molecule has 1 N–H and O–H groups in total. The van der Waals surface area contributed by atoms with Crippen LogP contribution in [0, 0.1) is 5.92 Å². The smallest absolute Gasteiger partial charge is 0.119 e. The van der Waals surface area contributed by atoms with Crippen LogP contribution in [-0.2, 0) is 6.42 Å². The van der Waals surface area contributed by atoms with Gasteiger partial charge in [-0.3, -0.25) is 0 Å². The number of likely N-dealkylation sites (N-methyl/N-ethyl adjacent to an activating group) is 2. The molecule has 0 aliphatic heterocycles. The summed E-state index contributed by atoms with van der Waals surface area (Å²) in [5, 5.41) is 3.70. The van der Waals surface area contributed by atoms with E-state index in [4.69, 9.17) is 4.74 Å². The minimum Gasteiger partial charge on any atom is -0.497 e. The van der Waals surface area contributed by atoms with Crippen LogP contribution in [0.25, 0.3) is 0 Å². The average molecular weight is 288 g/mol. The van der Waals surface area contributed by atoms with Crippen molar-refractivity contribution in [3.63, 3.8) is 0 Å². The van der Waals surface area contributed by atoms with E-state index in [1.807, 2.05) is 0 Å². The first-order valence-electron chi connectivity index (χ1n) is 8.33. The lowest BCUT2D eigenvalue weighted by atomic mass is 9.85. The first-order chi connectivity index (χ1) is 10.2. The molecule has 0 amide bonds. The van der Waals surface area contributed by atoms with E-state index in [1.165, 1.54) is 36.9 Å². The van der Waals surface area contributed by atoms with Crippen molar-refractivity contribution in [1.29, 1.82) is 0 Å². The van der Waals surface area contributed by atoms with E-state index in [2.05, 4.69) is 42.4 Å². The van der Waals surface area contributed by atoms with Gasteiger partial charge in [0, 0.05) is 18.6 Å². The van der Waals surface area contributed by atoms with E-state index in [-0.39, 0.29) is 0 Å². The van der Waals surface area contributed by atoms with Gasteiger partial charge in [-0.2, -0.15) is 0 Å². The topological polar surface area (TPSA) is 24.5 Å². The molecule has 1 aromatic rings. The fraction of sp³-hybridized carbons (Fsp3) is 0.667. The van der Waals surface area contributed by atoms with Crippen LogP contribution in [0.4, 0.5) is 0 Å². The predicted molar refractivity (Wildman–Crippen MR) is 86.9 cm³/mol. The Morgan fingerprint density at radius 2 is 2.14 bits per heavy atom. The van der Waals surface area contributed by atoms with Gasteiger partial charge in [0.05, 0.1) is 7.11 Å². The van der Waals surface area contributed by atoms with E-state index >= 15 is 0 Å². The van der Waals surface area contributed by atoms with Crippen molar-refractivity contribution in [2.24, 2.45) is 5.92 Å². The van der Waals surface area contributed by atoms with Gasteiger partial charge in [0.1, 0.15) is 5.75 Å². The van der Waals surface area contributed by atoms with Gasteiger partial charge in [-0.25, -0.2) is 0 Å². The van der Waals surface area contributed by atoms with E-state index in [0.29, 0.717) is 12.1 Å². The molecule has 3 nitrogen and oxygen atoms in total. The van der Waals surface area contributed by atoms with Crippen molar-refractivity contribution < 1.29 is 4.74 Å². The maximum Gasteiger partial charge on any atom is 0.119 e. The summed E-state index contributed by atoms with van der Waals surface area (Å²) < 4.78 is 5.41. The molecule has 2 atom stereocenters. The molecule has 3 heteroatoms. The molecule has 0 heterocycles. The summed E-state index contributed by atoms with van der Waals surface area (Å²) in [5.41, 5.74) is 2.91. The molecular formula is C18H28N2O. The number of hydrogen-bond acceptors (Lipinski definition) is 3. The van der Waals surface area contributed by atoms with E-state index in [0.717, 1.165) is 24.6 Å². The summed E-state index contributed by atoms with van der Waals surface area (Å²) in [6, 6.07) is 7.57. The molecule has 1 fully saturated rings. The molecule has 116 valence electrons. The molecule has 0 spiro atoms. The average Bonchev–Trinajstić information content (AvgIpc) is 2.81. The standard InChI is InChI=1S/C18H28N2O/c1-4-19-18-16-11-15(21-3)9-8-14(16)10-17(18)20(2)12-13-6-5-7-13/h8-9,11,13,17-19H,4-7,10,12H2,1-3H3. The monoisotopic (exact) mass is 288 g/mol. The summed E-state index contributed by atoms with van der Waals surface area (Å²) in [5.74, 6) is 1.90. The minimum atomic E-state index is 0.435. The zero-order valence-electron chi connectivity index (χ0n) is 13.6. The molecule has 2 aliphatic carbocycles. The van der Waals surface area contributed by atoms with Gasteiger partial charge in [0.15, 0.2) is 0 Å². The third kappa shape index (κ3) is 2.95. The van der Waals surface area contributed by atoms with Gasteiger partial charge in [-0.05, 0) is 62.0 Å². The second-order valence-corrected chi connectivity index (χ2v) is 6.61. The largest absolute Gasteiger partial charge is 0.497 e. The summed E-state index contributed by atoms with van der Waals surface area (Å²) in [7, 11) is 4.05. The summed E-state index contributed by atoms with van der Waals surface area (Å²) >= 11 is 0. The van der Waals surface area contributed by atoms with Crippen LogP contribution in [0.15, 0.2) is 18.2 Å². The highest BCUT2D eigenvalue weighted by molar-refractivity contribution is 5.42. The molecule has 2 aliphatic rings. The summed E-state index contributed by atoms with van der Waals surface area (Å²) in [6.45, 7) is 4.45. The third-order valence-corrected chi connectivity index (χ3v) is 5.26. The molecule has 0 saturated heterocycles. The highest BCUT2D eigenvalue weighted by Gasteiger charge is 2.35. The predicted octanol–water partition coefficient (Wildman–Crippen LogP) is 3.00. The van der Waals surface area contributed by atoms with Crippen LogP contribution in [0.1, 0.15) is 43.4 Å². The Kier molecular flexibility index (Phi) is 4.51. The molecule has 3 rings (SSSR count). The van der Waals surface area contributed by atoms with Crippen LogP contribution in [0.2, 0.25) is 0 Å².